The van der Waals surface area contributed by atoms with Crippen molar-refractivity contribution in [2.45, 2.75) is 0 Å². The van der Waals surface area contributed by atoms with Crippen LogP contribution in [0.4, 0.5) is 0 Å². The molecule has 4 nitrogen and oxygen atoms in total. The van der Waals surface area contributed by atoms with Gasteiger partial charge in [0.15, 0.2) is 12.0 Å². The van der Waals surface area contributed by atoms with Crippen LogP contribution in [0.5, 0.6) is 0 Å². The summed E-state index contributed by atoms with van der Waals surface area (Å²) >= 11 is 0.872. The second-order valence-electron chi connectivity index (χ2n) is 1.12. The summed E-state index contributed by atoms with van der Waals surface area (Å²) in [4.78, 5) is 20.1. The van der Waals surface area contributed by atoms with Crippen LogP contribution in [0.1, 0.15) is 10.5 Å². The molecule has 0 spiro atoms. The Morgan fingerprint density at radius 2 is 2.50 bits per heavy atom. The lowest BCUT2D eigenvalue weighted by Gasteiger charge is -1.62. The molecule has 0 fully saturated rings. The zero-order valence-electron chi connectivity index (χ0n) is 3.75. The molecule has 1 aromatic heterocycles. The normalized spacial score (nSPS) is 9.00. The lowest BCUT2D eigenvalue weighted by molar-refractivity contribution is 0.111. The first-order valence-electron chi connectivity index (χ1n) is 1.84. The molecule has 0 unspecified atom stereocenters. The minimum absolute atomic E-state index is 0.0463. The van der Waals surface area contributed by atoms with Gasteiger partial charge in [-0.3, -0.25) is 14.0 Å². The lowest BCUT2D eigenvalue weighted by Crippen LogP contribution is -2.03. The summed E-state index contributed by atoms with van der Waals surface area (Å²) in [6, 6.07) is 0. The molecule has 0 aromatic carbocycles. The second kappa shape index (κ2) is 1.87. The highest BCUT2D eigenvalue weighted by molar-refractivity contribution is 6.99. The topological polar surface area (TPSA) is 62.8 Å². The number of H-pyrrole nitrogens is 1. The molecule has 0 aliphatic carbocycles. The maximum Gasteiger partial charge on any atom is 0.288 e. The highest BCUT2D eigenvalue weighted by Gasteiger charge is 1.96. The Labute approximate surface area is 48.5 Å². The molecule has 1 rings (SSSR count). The van der Waals surface area contributed by atoms with Gasteiger partial charge in [-0.2, -0.15) is 4.37 Å². The fourth-order valence-electron chi connectivity index (χ4n) is 0.282. The summed E-state index contributed by atoms with van der Waals surface area (Å²) in [6.07, 6.45) is 0.426. The van der Waals surface area contributed by atoms with E-state index in [0.717, 1.165) is 11.7 Å². The number of aromatic nitrogens is 2. The number of rotatable bonds is 1. The van der Waals surface area contributed by atoms with Crippen LogP contribution >= 0.6 is 11.7 Å². The average molecular weight is 130 g/mol. The van der Waals surface area contributed by atoms with E-state index in [1.807, 2.05) is 0 Å². The first-order chi connectivity index (χ1) is 3.84. The molecule has 1 heterocycles. The van der Waals surface area contributed by atoms with Crippen molar-refractivity contribution in [1.82, 2.24) is 8.75 Å². The predicted octanol–water partition coefficient (Wildman–Crippen LogP) is -0.356. The number of hydrogen-bond donors (Lipinski definition) is 1. The first-order valence-corrected chi connectivity index (χ1v) is 2.61. The van der Waals surface area contributed by atoms with E-state index in [4.69, 9.17) is 0 Å². The minimum Gasteiger partial charge on any atom is -0.296 e. The fourth-order valence-corrected chi connectivity index (χ4v) is 0.740. The van der Waals surface area contributed by atoms with Crippen molar-refractivity contribution in [2.24, 2.45) is 0 Å². The Hall–Kier alpha value is -0.970. The van der Waals surface area contributed by atoms with E-state index in [0.29, 0.717) is 6.29 Å². The highest BCUT2D eigenvalue weighted by atomic mass is 32.1. The summed E-state index contributed by atoms with van der Waals surface area (Å²) in [5.74, 6) is 0. The van der Waals surface area contributed by atoms with Crippen molar-refractivity contribution in [2.75, 3.05) is 0 Å². The molecule has 0 saturated carbocycles. The van der Waals surface area contributed by atoms with Gasteiger partial charge in [-0.25, -0.2) is 0 Å². The summed E-state index contributed by atoms with van der Waals surface area (Å²) in [5, 5.41) is 0. The molecule has 0 saturated heterocycles. The van der Waals surface area contributed by atoms with E-state index in [-0.39, 0.29) is 5.69 Å². The minimum atomic E-state index is -0.412. The van der Waals surface area contributed by atoms with Crippen molar-refractivity contribution in [3.05, 3.63) is 16.0 Å². The maximum absolute atomic E-state index is 10.3. The molecule has 8 heavy (non-hydrogen) atoms. The van der Waals surface area contributed by atoms with Gasteiger partial charge in [0.05, 0.1) is 0 Å². The fraction of sp³-hybridized carbons (Fsp3) is 0. The highest BCUT2D eigenvalue weighted by Crippen LogP contribution is 1.79. The Bertz CT molecular complexity index is 237. The molecule has 0 bridgehead atoms. The first kappa shape index (κ1) is 5.17. The van der Waals surface area contributed by atoms with Crippen LogP contribution in [0.25, 0.3) is 0 Å². The van der Waals surface area contributed by atoms with Crippen LogP contribution in [0.2, 0.25) is 0 Å². The predicted molar refractivity (Wildman–Crippen MR) is 28.1 cm³/mol. The molecule has 0 aliphatic heterocycles. The van der Waals surface area contributed by atoms with Gasteiger partial charge >= 0.3 is 0 Å². The summed E-state index contributed by atoms with van der Waals surface area (Å²) in [6.45, 7) is 0. The second-order valence-corrected chi connectivity index (χ2v) is 1.69. The molecular formula is C3H2N2O2S. The molecule has 0 radical (unpaired) electrons. The number of carbonyl (C=O) groups is 1. The molecule has 0 atom stereocenters. The van der Waals surface area contributed by atoms with Crippen LogP contribution in [0.15, 0.2) is 4.79 Å². The maximum atomic E-state index is 10.3. The van der Waals surface area contributed by atoms with E-state index in [1.165, 1.54) is 0 Å². The third-order valence-corrected chi connectivity index (χ3v) is 1.19. The van der Waals surface area contributed by atoms with Gasteiger partial charge in [0.25, 0.3) is 5.56 Å². The Morgan fingerprint density at radius 1 is 1.75 bits per heavy atom. The van der Waals surface area contributed by atoms with Crippen LogP contribution in [0, 0.1) is 0 Å². The van der Waals surface area contributed by atoms with Gasteiger partial charge < -0.3 is 0 Å². The number of nitrogens with one attached hydrogen (secondary N) is 1. The van der Waals surface area contributed by atoms with E-state index < -0.39 is 5.56 Å². The standard InChI is InChI=1S/C3H2N2O2S/c6-1-2-3(7)5-8-4-2/h1H,(H,5,7). The number of nitrogens with zero attached hydrogens (tertiary/aromatic N) is 1. The summed E-state index contributed by atoms with van der Waals surface area (Å²) in [5.41, 5.74) is -0.458. The molecular weight excluding hydrogens is 128 g/mol. The van der Waals surface area contributed by atoms with E-state index in [2.05, 4.69) is 8.75 Å². The van der Waals surface area contributed by atoms with Gasteiger partial charge in [-0.15, -0.1) is 0 Å². The van der Waals surface area contributed by atoms with Crippen LogP contribution in [-0.2, 0) is 0 Å². The average Bonchev–Trinajstić information content (AvgIpc) is 2.14. The van der Waals surface area contributed by atoms with Crippen LogP contribution < -0.4 is 5.56 Å². The number of hydrogen-bond acceptors (Lipinski definition) is 4. The van der Waals surface area contributed by atoms with Gasteiger partial charge in [0.1, 0.15) is 0 Å². The van der Waals surface area contributed by atoms with Crippen molar-refractivity contribution in [3.63, 3.8) is 0 Å². The largest absolute Gasteiger partial charge is 0.296 e. The van der Waals surface area contributed by atoms with Gasteiger partial charge in [-0.05, 0) is 0 Å². The smallest absolute Gasteiger partial charge is 0.288 e. The Kier molecular flexibility index (Phi) is 1.21. The number of aromatic amines is 1. The third kappa shape index (κ3) is 0.671. The van der Waals surface area contributed by atoms with Crippen molar-refractivity contribution < 1.29 is 4.79 Å². The quantitative estimate of drug-likeness (QED) is 0.528. The van der Waals surface area contributed by atoms with Crippen LogP contribution in [-0.4, -0.2) is 15.0 Å². The summed E-state index contributed by atoms with van der Waals surface area (Å²) < 4.78 is 5.70. The van der Waals surface area contributed by atoms with E-state index in [9.17, 15) is 9.59 Å². The van der Waals surface area contributed by atoms with Gasteiger partial charge in [0.2, 0.25) is 0 Å². The summed E-state index contributed by atoms with van der Waals surface area (Å²) in [7, 11) is 0. The Morgan fingerprint density at radius 3 is 2.75 bits per heavy atom. The molecule has 1 aromatic rings. The van der Waals surface area contributed by atoms with Gasteiger partial charge in [0, 0.05) is 11.7 Å². The van der Waals surface area contributed by atoms with Gasteiger partial charge in [-0.1, -0.05) is 0 Å². The molecule has 0 aliphatic rings. The molecule has 42 valence electrons. The van der Waals surface area contributed by atoms with Crippen LogP contribution in [0.3, 0.4) is 0 Å². The number of aldehydes is 1. The molecule has 5 heteroatoms. The SMILES string of the molecule is O=Cc1ns[nH]c1=O. The van der Waals surface area contributed by atoms with E-state index in [1.54, 1.807) is 0 Å². The monoisotopic (exact) mass is 130 g/mol. The van der Waals surface area contributed by atoms with Crippen molar-refractivity contribution in [3.8, 4) is 0 Å². The number of carbonyl (C=O) groups excluding carboxylic acids is 1. The third-order valence-electron chi connectivity index (χ3n) is 0.627. The zero-order valence-corrected chi connectivity index (χ0v) is 4.57. The molecule has 0 amide bonds. The van der Waals surface area contributed by atoms with Crippen molar-refractivity contribution >= 4 is 18.0 Å². The van der Waals surface area contributed by atoms with E-state index >= 15 is 0 Å². The zero-order chi connectivity index (χ0) is 5.98. The Balaban J connectivity index is 3.30. The molecule has 1 N–H and O–H groups in total. The van der Waals surface area contributed by atoms with Crippen molar-refractivity contribution in [1.29, 1.82) is 0 Å². The lowest BCUT2D eigenvalue weighted by atomic mass is 10.5.